The Morgan fingerprint density at radius 2 is 1.04 bits per heavy atom. The molecule has 24 heavy (non-hydrogen) atoms. The van der Waals surface area contributed by atoms with Gasteiger partial charge >= 0.3 is 0 Å². The van der Waals surface area contributed by atoms with Crippen LogP contribution in [0.25, 0.3) is 0 Å². The lowest BCUT2D eigenvalue weighted by Gasteiger charge is -2.07. The molecule has 0 aliphatic rings. The van der Waals surface area contributed by atoms with Crippen molar-refractivity contribution in [1.82, 2.24) is 11.5 Å². The maximum Gasteiger partial charge on any atom is 0.222 e. The SMILES string of the molecule is Br.CCCCCCCCCCCCCCCCNC(=O)C(C)C.N. The van der Waals surface area contributed by atoms with E-state index in [4.69, 9.17) is 0 Å². The van der Waals surface area contributed by atoms with Gasteiger partial charge in [-0.15, -0.1) is 17.0 Å². The molecule has 0 aromatic rings. The van der Waals surface area contributed by atoms with Crippen LogP contribution in [0.2, 0.25) is 0 Å². The fraction of sp³-hybridized carbons (Fsp3) is 0.950. The fourth-order valence-electron chi connectivity index (χ4n) is 2.74. The molecule has 0 saturated carbocycles. The molecule has 148 valence electrons. The molecule has 0 atom stereocenters. The number of halogens is 1. The zero-order chi connectivity index (χ0) is 16.5. The Hall–Kier alpha value is -0.0900. The van der Waals surface area contributed by atoms with Crippen molar-refractivity contribution in [2.45, 2.75) is 111 Å². The molecule has 0 saturated heterocycles. The molecule has 1 amide bonds. The van der Waals surface area contributed by atoms with Gasteiger partial charge in [0.25, 0.3) is 0 Å². The maximum atomic E-state index is 11.4. The van der Waals surface area contributed by atoms with Gasteiger partial charge in [0.2, 0.25) is 5.91 Å². The molecule has 0 fully saturated rings. The van der Waals surface area contributed by atoms with Crippen LogP contribution in [-0.2, 0) is 4.79 Å². The third-order valence-electron chi connectivity index (χ3n) is 4.35. The zero-order valence-corrected chi connectivity index (χ0v) is 18.4. The van der Waals surface area contributed by atoms with Crippen molar-refractivity contribution in [3.63, 3.8) is 0 Å². The van der Waals surface area contributed by atoms with Crippen LogP contribution >= 0.6 is 17.0 Å². The highest BCUT2D eigenvalue weighted by atomic mass is 79.9. The molecule has 0 rings (SSSR count). The first-order valence-electron chi connectivity index (χ1n) is 9.96. The van der Waals surface area contributed by atoms with Crippen molar-refractivity contribution >= 4 is 22.9 Å². The Kier molecular flexibility index (Phi) is 27.4. The van der Waals surface area contributed by atoms with E-state index in [2.05, 4.69) is 12.2 Å². The van der Waals surface area contributed by atoms with Gasteiger partial charge in [0.05, 0.1) is 0 Å². The molecule has 0 aromatic heterocycles. The summed E-state index contributed by atoms with van der Waals surface area (Å²) in [6, 6.07) is 0. The number of carbonyl (C=O) groups excluding carboxylic acids is 1. The first kappa shape index (κ1) is 28.7. The summed E-state index contributed by atoms with van der Waals surface area (Å²) in [6.07, 6.45) is 19.3. The quantitative estimate of drug-likeness (QED) is 0.270. The highest BCUT2D eigenvalue weighted by Gasteiger charge is 2.04. The number of carbonyl (C=O) groups is 1. The summed E-state index contributed by atoms with van der Waals surface area (Å²) < 4.78 is 0. The van der Waals surface area contributed by atoms with Gasteiger partial charge in [0.1, 0.15) is 0 Å². The Morgan fingerprint density at radius 3 is 1.38 bits per heavy atom. The van der Waals surface area contributed by atoms with E-state index >= 15 is 0 Å². The van der Waals surface area contributed by atoms with Gasteiger partial charge in [-0.1, -0.05) is 104 Å². The van der Waals surface area contributed by atoms with Gasteiger partial charge in [0, 0.05) is 12.5 Å². The maximum absolute atomic E-state index is 11.4. The number of rotatable bonds is 16. The molecule has 0 aromatic carbocycles. The Labute approximate surface area is 162 Å². The zero-order valence-electron chi connectivity index (χ0n) is 16.7. The van der Waals surface area contributed by atoms with E-state index in [-0.39, 0.29) is 35.0 Å². The molecule has 0 aliphatic carbocycles. The lowest BCUT2D eigenvalue weighted by atomic mass is 10.0. The van der Waals surface area contributed by atoms with Gasteiger partial charge in [-0.2, -0.15) is 0 Å². The second kappa shape index (κ2) is 22.9. The van der Waals surface area contributed by atoms with Crippen molar-refractivity contribution in [2.75, 3.05) is 6.54 Å². The summed E-state index contributed by atoms with van der Waals surface area (Å²) in [4.78, 5) is 11.4. The van der Waals surface area contributed by atoms with E-state index in [0.717, 1.165) is 13.0 Å². The normalized spacial score (nSPS) is 10.2. The summed E-state index contributed by atoms with van der Waals surface area (Å²) in [6.45, 7) is 7.03. The molecular formula is C20H45BrN2O. The van der Waals surface area contributed by atoms with Gasteiger partial charge in [0.15, 0.2) is 0 Å². The molecule has 0 radical (unpaired) electrons. The standard InChI is InChI=1S/C20H41NO.BrH.H3N/c1-4-5-6-7-8-9-10-11-12-13-14-15-16-17-18-21-20(22)19(2)3;;/h19H,4-18H2,1-3H3,(H,21,22);1H;1H3. The van der Waals surface area contributed by atoms with E-state index in [1.807, 2.05) is 13.8 Å². The van der Waals surface area contributed by atoms with Crippen molar-refractivity contribution in [2.24, 2.45) is 5.92 Å². The van der Waals surface area contributed by atoms with Gasteiger partial charge in [-0.05, 0) is 6.42 Å². The Balaban J connectivity index is -0.00000220. The molecule has 0 heterocycles. The first-order valence-corrected chi connectivity index (χ1v) is 9.96. The number of hydrogen-bond acceptors (Lipinski definition) is 2. The Morgan fingerprint density at radius 1 is 0.708 bits per heavy atom. The number of hydrogen-bond donors (Lipinski definition) is 2. The van der Waals surface area contributed by atoms with Crippen LogP contribution in [0.4, 0.5) is 0 Å². The third-order valence-corrected chi connectivity index (χ3v) is 4.35. The summed E-state index contributed by atoms with van der Waals surface area (Å²) in [5.41, 5.74) is 0. The van der Waals surface area contributed by atoms with Crippen LogP contribution in [0.1, 0.15) is 111 Å². The lowest BCUT2D eigenvalue weighted by molar-refractivity contribution is -0.123. The molecule has 4 N–H and O–H groups in total. The lowest BCUT2D eigenvalue weighted by Crippen LogP contribution is -2.28. The Bertz CT molecular complexity index is 248. The largest absolute Gasteiger partial charge is 0.356 e. The van der Waals surface area contributed by atoms with Crippen molar-refractivity contribution < 1.29 is 4.79 Å². The molecule has 0 unspecified atom stereocenters. The fourth-order valence-corrected chi connectivity index (χ4v) is 2.74. The molecule has 4 heteroatoms. The molecule has 0 spiro atoms. The van der Waals surface area contributed by atoms with Gasteiger partial charge in [-0.25, -0.2) is 0 Å². The van der Waals surface area contributed by atoms with Gasteiger partial charge in [-0.3, -0.25) is 4.79 Å². The van der Waals surface area contributed by atoms with E-state index in [0.29, 0.717) is 0 Å². The number of amides is 1. The predicted octanol–water partition coefficient (Wildman–Crippen LogP) is 6.98. The highest BCUT2D eigenvalue weighted by Crippen LogP contribution is 2.12. The minimum Gasteiger partial charge on any atom is -0.356 e. The minimum atomic E-state index is 0. The van der Waals surface area contributed by atoms with Crippen LogP contribution in [0, 0.1) is 5.92 Å². The molecule has 3 nitrogen and oxygen atoms in total. The van der Waals surface area contributed by atoms with Crippen molar-refractivity contribution in [3.8, 4) is 0 Å². The molecule has 0 bridgehead atoms. The van der Waals surface area contributed by atoms with E-state index in [1.165, 1.54) is 83.5 Å². The summed E-state index contributed by atoms with van der Waals surface area (Å²) in [7, 11) is 0. The summed E-state index contributed by atoms with van der Waals surface area (Å²) >= 11 is 0. The van der Waals surface area contributed by atoms with Crippen LogP contribution < -0.4 is 11.5 Å². The topological polar surface area (TPSA) is 64.1 Å². The monoisotopic (exact) mass is 408 g/mol. The number of unbranched alkanes of at least 4 members (excludes halogenated alkanes) is 13. The highest BCUT2D eigenvalue weighted by molar-refractivity contribution is 8.93. The second-order valence-electron chi connectivity index (χ2n) is 7.04. The minimum absolute atomic E-state index is 0. The summed E-state index contributed by atoms with van der Waals surface area (Å²) in [5.74, 6) is 0.307. The third kappa shape index (κ3) is 21.9. The van der Waals surface area contributed by atoms with Crippen LogP contribution in [0.15, 0.2) is 0 Å². The van der Waals surface area contributed by atoms with E-state index in [1.54, 1.807) is 0 Å². The second-order valence-corrected chi connectivity index (χ2v) is 7.04. The van der Waals surface area contributed by atoms with E-state index < -0.39 is 0 Å². The first-order chi connectivity index (χ1) is 10.7. The average molecular weight is 409 g/mol. The molecule has 0 aliphatic heterocycles. The van der Waals surface area contributed by atoms with Crippen LogP contribution in [0.5, 0.6) is 0 Å². The van der Waals surface area contributed by atoms with Crippen LogP contribution in [-0.4, -0.2) is 12.5 Å². The predicted molar refractivity (Wildman–Crippen MR) is 114 cm³/mol. The smallest absolute Gasteiger partial charge is 0.222 e. The van der Waals surface area contributed by atoms with Crippen LogP contribution in [0.3, 0.4) is 0 Å². The summed E-state index contributed by atoms with van der Waals surface area (Å²) in [5, 5.41) is 2.99. The number of nitrogens with one attached hydrogen (secondary N) is 1. The van der Waals surface area contributed by atoms with Crippen molar-refractivity contribution in [3.05, 3.63) is 0 Å². The van der Waals surface area contributed by atoms with Gasteiger partial charge < -0.3 is 11.5 Å². The average Bonchev–Trinajstić information content (AvgIpc) is 2.50. The molecular weight excluding hydrogens is 364 g/mol. The van der Waals surface area contributed by atoms with E-state index in [9.17, 15) is 4.79 Å². The van der Waals surface area contributed by atoms with Crippen molar-refractivity contribution in [1.29, 1.82) is 0 Å².